The van der Waals surface area contributed by atoms with Crippen LogP contribution in [0.15, 0.2) is 39.3 Å². The first-order chi connectivity index (χ1) is 8.65. The molecule has 0 radical (unpaired) electrons. The molecule has 2 N–H and O–H groups in total. The summed E-state index contributed by atoms with van der Waals surface area (Å²) in [4.78, 5) is 8.36. The monoisotopic (exact) mass is 265 g/mol. The number of pyridine rings is 1. The third-order valence-corrected chi connectivity index (χ3v) is 2.83. The Hall–Kier alpha value is -1.69. The van der Waals surface area contributed by atoms with Crippen LogP contribution in [-0.4, -0.2) is 16.6 Å². The van der Waals surface area contributed by atoms with Crippen LogP contribution in [0.3, 0.4) is 0 Å². The van der Waals surface area contributed by atoms with E-state index in [-0.39, 0.29) is 0 Å². The maximum absolute atomic E-state index is 5.81. The van der Waals surface area contributed by atoms with Crippen LogP contribution in [0.2, 0.25) is 0 Å². The molecule has 0 aliphatic heterocycles. The fourth-order valence-electron chi connectivity index (χ4n) is 1.20. The summed E-state index contributed by atoms with van der Waals surface area (Å²) in [6.45, 7) is 4.73. The summed E-state index contributed by atoms with van der Waals surface area (Å²) in [6, 6.07) is 3.58. The van der Waals surface area contributed by atoms with E-state index in [0.717, 1.165) is 5.03 Å². The predicted molar refractivity (Wildman–Crippen MR) is 69.6 cm³/mol. The lowest BCUT2D eigenvalue weighted by Crippen LogP contribution is -2.07. The predicted octanol–water partition coefficient (Wildman–Crippen LogP) is 2.84. The van der Waals surface area contributed by atoms with Gasteiger partial charge in [0.2, 0.25) is 5.88 Å². The van der Waals surface area contributed by atoms with E-state index in [1.165, 1.54) is 18.0 Å². The maximum Gasteiger partial charge on any atom is 0.261 e. The standard InChI is InChI=1S/C12H15N3O2S/c1-8(2)7-17-11-9(13)3-4-10(15-11)18-12-14-5-6-16-12/h3-6,8H,7,13H2,1-2H3. The Balaban J connectivity index is 2.10. The summed E-state index contributed by atoms with van der Waals surface area (Å²) in [5, 5.41) is 1.28. The molecule has 0 unspecified atom stereocenters. The Labute approximate surface area is 110 Å². The van der Waals surface area contributed by atoms with Gasteiger partial charge in [0, 0.05) is 0 Å². The Bertz CT molecular complexity index is 500. The molecule has 2 aromatic rings. The Morgan fingerprint density at radius 1 is 1.44 bits per heavy atom. The van der Waals surface area contributed by atoms with E-state index >= 15 is 0 Å². The average molecular weight is 265 g/mol. The number of nitrogens with zero attached hydrogens (tertiary/aromatic N) is 2. The minimum atomic E-state index is 0.425. The van der Waals surface area contributed by atoms with Crippen molar-refractivity contribution in [1.29, 1.82) is 0 Å². The average Bonchev–Trinajstić information content (AvgIpc) is 2.82. The van der Waals surface area contributed by atoms with Crippen molar-refractivity contribution in [2.75, 3.05) is 12.3 Å². The zero-order valence-corrected chi connectivity index (χ0v) is 11.1. The van der Waals surface area contributed by atoms with Gasteiger partial charge in [0.25, 0.3) is 5.22 Å². The maximum atomic E-state index is 5.81. The fourth-order valence-corrected chi connectivity index (χ4v) is 1.86. The van der Waals surface area contributed by atoms with Gasteiger partial charge in [-0.25, -0.2) is 9.97 Å². The van der Waals surface area contributed by atoms with E-state index in [1.807, 2.05) is 6.07 Å². The Morgan fingerprint density at radius 3 is 2.94 bits per heavy atom. The highest BCUT2D eigenvalue weighted by Crippen LogP contribution is 2.28. The van der Waals surface area contributed by atoms with Gasteiger partial charge in [-0.3, -0.25) is 0 Å². The molecule has 18 heavy (non-hydrogen) atoms. The molecule has 0 aliphatic carbocycles. The van der Waals surface area contributed by atoms with Crippen molar-refractivity contribution >= 4 is 17.4 Å². The lowest BCUT2D eigenvalue weighted by molar-refractivity contribution is 0.261. The number of aromatic nitrogens is 2. The van der Waals surface area contributed by atoms with Crippen molar-refractivity contribution in [2.45, 2.75) is 24.1 Å². The largest absolute Gasteiger partial charge is 0.476 e. The minimum Gasteiger partial charge on any atom is -0.476 e. The van der Waals surface area contributed by atoms with Crippen LogP contribution in [0.25, 0.3) is 0 Å². The van der Waals surface area contributed by atoms with E-state index in [0.29, 0.717) is 29.3 Å². The first kappa shape index (κ1) is 12.8. The van der Waals surface area contributed by atoms with Crippen LogP contribution >= 0.6 is 11.8 Å². The summed E-state index contributed by atoms with van der Waals surface area (Å²) in [5.74, 6) is 0.884. The second-order valence-electron chi connectivity index (χ2n) is 4.15. The molecule has 0 bridgehead atoms. The lowest BCUT2D eigenvalue weighted by atomic mass is 10.2. The summed E-state index contributed by atoms with van der Waals surface area (Å²) in [5.41, 5.74) is 6.35. The van der Waals surface area contributed by atoms with Gasteiger partial charge in [-0.2, -0.15) is 0 Å². The molecular weight excluding hydrogens is 250 g/mol. The topological polar surface area (TPSA) is 74.2 Å². The molecule has 0 atom stereocenters. The normalized spacial score (nSPS) is 10.8. The molecule has 2 rings (SSSR count). The quantitative estimate of drug-likeness (QED) is 0.896. The molecule has 0 spiro atoms. The molecule has 0 fully saturated rings. The number of anilines is 1. The number of nitrogens with two attached hydrogens (primary N) is 1. The van der Waals surface area contributed by atoms with E-state index in [1.54, 1.807) is 12.3 Å². The molecule has 0 saturated carbocycles. The second kappa shape index (κ2) is 5.77. The highest BCUT2D eigenvalue weighted by atomic mass is 32.2. The molecule has 0 aromatic carbocycles. The molecular formula is C12H15N3O2S. The molecule has 0 amide bonds. The second-order valence-corrected chi connectivity index (χ2v) is 5.12. The fraction of sp³-hybridized carbons (Fsp3) is 0.333. The summed E-state index contributed by atoms with van der Waals surface area (Å²) < 4.78 is 10.7. The van der Waals surface area contributed by atoms with Gasteiger partial charge in [-0.1, -0.05) is 13.8 Å². The Morgan fingerprint density at radius 2 is 2.28 bits per heavy atom. The highest BCUT2D eigenvalue weighted by molar-refractivity contribution is 7.99. The summed E-state index contributed by atoms with van der Waals surface area (Å²) in [6.07, 6.45) is 3.12. The van der Waals surface area contributed by atoms with Crippen LogP contribution in [0.5, 0.6) is 5.88 Å². The van der Waals surface area contributed by atoms with Gasteiger partial charge >= 0.3 is 0 Å². The van der Waals surface area contributed by atoms with Crippen LogP contribution in [0.1, 0.15) is 13.8 Å². The number of hydrogen-bond acceptors (Lipinski definition) is 6. The van der Waals surface area contributed by atoms with Crippen molar-refractivity contribution < 1.29 is 9.15 Å². The summed E-state index contributed by atoms with van der Waals surface area (Å²) in [7, 11) is 0. The first-order valence-electron chi connectivity index (χ1n) is 5.62. The van der Waals surface area contributed by atoms with Crippen LogP contribution in [0, 0.1) is 5.92 Å². The third kappa shape index (κ3) is 3.40. The smallest absolute Gasteiger partial charge is 0.261 e. The van der Waals surface area contributed by atoms with Crippen LogP contribution < -0.4 is 10.5 Å². The lowest BCUT2D eigenvalue weighted by Gasteiger charge is -2.10. The number of nitrogen functional groups attached to an aromatic ring is 1. The molecule has 96 valence electrons. The van der Waals surface area contributed by atoms with Crippen molar-refractivity contribution in [2.24, 2.45) is 5.92 Å². The van der Waals surface area contributed by atoms with Crippen molar-refractivity contribution in [3.05, 3.63) is 24.6 Å². The van der Waals surface area contributed by atoms with Crippen LogP contribution in [-0.2, 0) is 0 Å². The molecule has 2 aromatic heterocycles. The molecule has 0 aliphatic rings. The molecule has 6 heteroatoms. The van der Waals surface area contributed by atoms with Gasteiger partial charge in [0.05, 0.1) is 18.5 Å². The van der Waals surface area contributed by atoms with Crippen molar-refractivity contribution in [3.63, 3.8) is 0 Å². The molecule has 2 heterocycles. The SMILES string of the molecule is CC(C)COc1nc(Sc2ncco2)ccc1N. The number of ether oxygens (including phenoxy) is 1. The minimum absolute atomic E-state index is 0.425. The van der Waals surface area contributed by atoms with E-state index in [9.17, 15) is 0 Å². The zero-order chi connectivity index (χ0) is 13.0. The Kier molecular flexibility index (Phi) is 4.09. The van der Waals surface area contributed by atoms with E-state index < -0.39 is 0 Å². The van der Waals surface area contributed by atoms with Crippen LogP contribution in [0.4, 0.5) is 5.69 Å². The van der Waals surface area contributed by atoms with Gasteiger partial charge in [0.1, 0.15) is 11.3 Å². The number of rotatable bonds is 5. The van der Waals surface area contributed by atoms with Gasteiger partial charge in [-0.05, 0) is 29.8 Å². The molecule has 0 saturated heterocycles. The summed E-state index contributed by atoms with van der Waals surface area (Å²) >= 11 is 1.33. The number of oxazole rings is 1. The van der Waals surface area contributed by atoms with E-state index in [2.05, 4.69) is 23.8 Å². The van der Waals surface area contributed by atoms with E-state index in [4.69, 9.17) is 14.9 Å². The van der Waals surface area contributed by atoms with Crippen molar-refractivity contribution in [3.8, 4) is 5.88 Å². The first-order valence-corrected chi connectivity index (χ1v) is 6.43. The van der Waals surface area contributed by atoms with Crippen molar-refractivity contribution in [1.82, 2.24) is 9.97 Å². The van der Waals surface area contributed by atoms with Gasteiger partial charge in [0.15, 0.2) is 0 Å². The molecule has 5 nitrogen and oxygen atoms in total. The zero-order valence-electron chi connectivity index (χ0n) is 10.3. The number of hydrogen-bond donors (Lipinski definition) is 1. The van der Waals surface area contributed by atoms with Gasteiger partial charge in [-0.15, -0.1) is 0 Å². The third-order valence-electron chi connectivity index (χ3n) is 2.02. The van der Waals surface area contributed by atoms with Gasteiger partial charge < -0.3 is 14.9 Å². The highest BCUT2D eigenvalue weighted by Gasteiger charge is 2.08.